The highest BCUT2D eigenvalue weighted by Crippen LogP contribution is 2.32. The van der Waals surface area contributed by atoms with Crippen molar-refractivity contribution in [3.8, 4) is 22.6 Å². The molecule has 39 heavy (non-hydrogen) atoms. The van der Waals surface area contributed by atoms with Gasteiger partial charge in [-0.3, -0.25) is 9.67 Å². The summed E-state index contributed by atoms with van der Waals surface area (Å²) in [6.45, 7) is 5.97. The van der Waals surface area contributed by atoms with Gasteiger partial charge in [0.05, 0.1) is 28.8 Å². The second kappa shape index (κ2) is 9.19. The van der Waals surface area contributed by atoms with Crippen molar-refractivity contribution in [2.75, 3.05) is 5.32 Å². The number of aromatic nitrogens is 7. The molecule has 0 saturated carbocycles. The summed E-state index contributed by atoms with van der Waals surface area (Å²) in [5.74, 6) is 0.612. The van der Waals surface area contributed by atoms with Crippen LogP contribution in [0.15, 0.2) is 73.4 Å². The minimum Gasteiger partial charge on any atom is -0.381 e. The normalized spacial score (nSPS) is 11.9. The fraction of sp³-hybridized carbons (Fsp3) is 0.179. The third kappa shape index (κ3) is 4.56. The van der Waals surface area contributed by atoms with Crippen LogP contribution in [0.1, 0.15) is 28.2 Å². The van der Waals surface area contributed by atoms with E-state index in [1.165, 1.54) is 6.07 Å². The summed E-state index contributed by atoms with van der Waals surface area (Å²) in [5.41, 5.74) is 6.54. The molecule has 0 radical (unpaired) electrons. The van der Waals surface area contributed by atoms with Crippen molar-refractivity contribution in [3.63, 3.8) is 0 Å². The number of imidazole rings is 2. The topological polar surface area (TPSA) is 80.8 Å². The number of halogens is 3. The van der Waals surface area contributed by atoms with Gasteiger partial charge < -0.3 is 9.88 Å². The minimum absolute atomic E-state index is 0.213. The monoisotopic (exact) mass is 530 g/mol. The van der Waals surface area contributed by atoms with Gasteiger partial charge in [0.25, 0.3) is 0 Å². The second-order valence-electron chi connectivity index (χ2n) is 9.51. The molecule has 8 nitrogen and oxygen atoms in total. The van der Waals surface area contributed by atoms with E-state index in [4.69, 9.17) is 5.10 Å². The maximum Gasteiger partial charge on any atom is 0.416 e. The summed E-state index contributed by atoms with van der Waals surface area (Å²) in [4.78, 5) is 4.15. The van der Waals surface area contributed by atoms with Gasteiger partial charge in [0.1, 0.15) is 11.5 Å². The quantitative estimate of drug-likeness (QED) is 0.267. The second-order valence-corrected chi connectivity index (χ2v) is 9.51. The molecule has 0 spiro atoms. The van der Waals surface area contributed by atoms with E-state index in [-0.39, 0.29) is 6.54 Å². The van der Waals surface area contributed by atoms with E-state index in [0.717, 1.165) is 45.6 Å². The largest absolute Gasteiger partial charge is 0.416 e. The number of nitrogens with zero attached hydrogens (tertiary/aromatic N) is 6. The zero-order chi connectivity index (χ0) is 27.3. The number of fused-ring (bicyclic) bond motifs is 1. The van der Waals surface area contributed by atoms with Crippen LogP contribution in [0.25, 0.3) is 28.3 Å². The number of alkyl halides is 3. The number of hydrogen-bond donors (Lipinski definition) is 2. The molecular weight excluding hydrogens is 505 g/mol. The van der Waals surface area contributed by atoms with Crippen LogP contribution in [0.3, 0.4) is 0 Å². The molecule has 0 atom stereocenters. The average molecular weight is 531 g/mol. The zero-order valence-electron chi connectivity index (χ0n) is 21.5. The Morgan fingerprint density at radius 3 is 2.56 bits per heavy atom. The number of aryl methyl sites for hydroxylation is 3. The molecule has 2 aromatic carbocycles. The molecule has 11 heteroatoms. The summed E-state index contributed by atoms with van der Waals surface area (Å²) < 4.78 is 46.7. The molecule has 6 aromatic rings. The molecule has 0 aliphatic carbocycles. The van der Waals surface area contributed by atoms with Crippen molar-refractivity contribution in [2.45, 2.75) is 33.5 Å². The van der Waals surface area contributed by atoms with Crippen LogP contribution in [0.4, 0.5) is 18.9 Å². The van der Waals surface area contributed by atoms with Crippen LogP contribution in [0, 0.1) is 20.8 Å². The van der Waals surface area contributed by atoms with Gasteiger partial charge in [0, 0.05) is 54.3 Å². The number of benzene rings is 2. The number of aromatic amines is 1. The average Bonchev–Trinajstić information content (AvgIpc) is 3.69. The zero-order valence-corrected chi connectivity index (χ0v) is 21.5. The van der Waals surface area contributed by atoms with Crippen LogP contribution in [0.2, 0.25) is 0 Å². The van der Waals surface area contributed by atoms with Gasteiger partial charge in [0.2, 0.25) is 0 Å². The maximum atomic E-state index is 13.7. The van der Waals surface area contributed by atoms with E-state index < -0.39 is 11.7 Å². The Kier molecular flexibility index (Phi) is 5.78. The molecular formula is C28H25F3N8. The number of nitrogens with one attached hydrogen (secondary N) is 2. The fourth-order valence-electron chi connectivity index (χ4n) is 4.75. The van der Waals surface area contributed by atoms with E-state index in [1.54, 1.807) is 42.3 Å². The Balaban J connectivity index is 1.33. The molecule has 6 rings (SSSR count). The molecule has 0 bridgehead atoms. The lowest BCUT2D eigenvalue weighted by Gasteiger charge is -2.15. The summed E-state index contributed by atoms with van der Waals surface area (Å²) in [6.07, 6.45) is 4.30. The maximum absolute atomic E-state index is 13.7. The lowest BCUT2D eigenvalue weighted by atomic mass is 10.1. The SMILES string of the molecule is Cc1ccc(NCc2cc(-n3ccnc3C)cc(C(F)(F)F)c2)cc1-n1cc(C)n2nc(-c3cn[nH]c3)cc12. The Morgan fingerprint density at radius 1 is 1.00 bits per heavy atom. The van der Waals surface area contributed by atoms with Crippen molar-refractivity contribution in [3.05, 3.63) is 102 Å². The fourth-order valence-corrected chi connectivity index (χ4v) is 4.75. The predicted octanol–water partition coefficient (Wildman–Crippen LogP) is 6.26. The first-order chi connectivity index (χ1) is 18.7. The van der Waals surface area contributed by atoms with E-state index in [9.17, 15) is 13.2 Å². The lowest BCUT2D eigenvalue weighted by Crippen LogP contribution is -2.10. The molecule has 2 N–H and O–H groups in total. The van der Waals surface area contributed by atoms with Gasteiger partial charge in [-0.05, 0) is 62.2 Å². The van der Waals surface area contributed by atoms with Gasteiger partial charge in [-0.25, -0.2) is 9.50 Å². The van der Waals surface area contributed by atoms with E-state index in [0.29, 0.717) is 17.1 Å². The molecule has 0 saturated heterocycles. The van der Waals surface area contributed by atoms with Crippen molar-refractivity contribution < 1.29 is 13.2 Å². The first-order valence-corrected chi connectivity index (χ1v) is 12.3. The summed E-state index contributed by atoms with van der Waals surface area (Å²) in [5, 5.41) is 14.8. The van der Waals surface area contributed by atoms with Crippen LogP contribution in [-0.2, 0) is 12.7 Å². The van der Waals surface area contributed by atoms with E-state index >= 15 is 0 Å². The van der Waals surface area contributed by atoms with Gasteiger partial charge in [-0.15, -0.1) is 0 Å². The van der Waals surface area contributed by atoms with E-state index in [2.05, 4.69) is 25.1 Å². The van der Waals surface area contributed by atoms with Gasteiger partial charge in [-0.2, -0.15) is 23.4 Å². The van der Waals surface area contributed by atoms with Gasteiger partial charge in [0.15, 0.2) is 0 Å². The van der Waals surface area contributed by atoms with Crippen molar-refractivity contribution in [1.29, 1.82) is 0 Å². The van der Waals surface area contributed by atoms with Crippen molar-refractivity contribution >= 4 is 11.3 Å². The number of anilines is 1. The molecule has 0 amide bonds. The third-order valence-electron chi connectivity index (χ3n) is 6.76. The molecule has 0 fully saturated rings. The van der Waals surface area contributed by atoms with Crippen molar-refractivity contribution in [1.82, 2.24) is 33.9 Å². The molecule has 4 aromatic heterocycles. The Morgan fingerprint density at radius 2 is 1.85 bits per heavy atom. The third-order valence-corrected chi connectivity index (χ3v) is 6.76. The van der Waals surface area contributed by atoms with Crippen LogP contribution >= 0.6 is 0 Å². The molecule has 0 aliphatic heterocycles. The summed E-state index contributed by atoms with van der Waals surface area (Å²) >= 11 is 0. The number of rotatable bonds is 6. The van der Waals surface area contributed by atoms with Crippen molar-refractivity contribution in [2.24, 2.45) is 0 Å². The standard InChI is InChI=1S/C28H25F3N8/c1-17-4-5-23(11-26(17)38-16-18(2)39-27(38)12-25(36-39)21-14-34-35-15-21)33-13-20-8-22(28(29,30)31)10-24(9-20)37-7-6-32-19(37)3/h4-12,14-16,33H,13H2,1-3H3,(H,34,35). The highest BCUT2D eigenvalue weighted by molar-refractivity contribution is 5.67. The van der Waals surface area contributed by atoms with Gasteiger partial charge in [-0.1, -0.05) is 6.07 Å². The minimum atomic E-state index is -4.46. The molecule has 0 unspecified atom stereocenters. The first kappa shape index (κ1) is 24.5. The van der Waals surface area contributed by atoms with Gasteiger partial charge >= 0.3 is 6.18 Å². The predicted molar refractivity (Wildman–Crippen MR) is 142 cm³/mol. The Labute approximate surface area is 221 Å². The Hall–Kier alpha value is -4.80. The first-order valence-electron chi connectivity index (χ1n) is 12.3. The molecule has 198 valence electrons. The summed E-state index contributed by atoms with van der Waals surface area (Å²) in [6, 6.07) is 12.0. The van der Waals surface area contributed by atoms with Crippen LogP contribution < -0.4 is 5.32 Å². The molecule has 4 heterocycles. The smallest absolute Gasteiger partial charge is 0.381 e. The summed E-state index contributed by atoms with van der Waals surface area (Å²) in [7, 11) is 0. The highest BCUT2D eigenvalue weighted by atomic mass is 19.4. The van der Waals surface area contributed by atoms with Crippen LogP contribution in [0.5, 0.6) is 0 Å². The molecule has 0 aliphatic rings. The lowest BCUT2D eigenvalue weighted by molar-refractivity contribution is -0.137. The Bertz CT molecular complexity index is 1790. The number of hydrogen-bond acceptors (Lipinski definition) is 4. The highest BCUT2D eigenvalue weighted by Gasteiger charge is 2.31. The number of H-pyrrole nitrogens is 1. The van der Waals surface area contributed by atoms with E-state index in [1.807, 2.05) is 48.8 Å². The van der Waals surface area contributed by atoms with Crippen LogP contribution in [-0.4, -0.2) is 33.9 Å².